The third-order valence-electron chi connectivity index (χ3n) is 4.99. The molecule has 0 saturated heterocycles. The van der Waals surface area contributed by atoms with Gasteiger partial charge in [0.25, 0.3) is 0 Å². The molecule has 0 aliphatic heterocycles. The molecule has 1 atom stereocenters. The van der Waals surface area contributed by atoms with Crippen LogP contribution in [0.2, 0.25) is 0 Å². The Kier molecular flexibility index (Phi) is 7.69. The van der Waals surface area contributed by atoms with Gasteiger partial charge in [-0.3, -0.25) is 0 Å². The van der Waals surface area contributed by atoms with Gasteiger partial charge >= 0.3 is 0 Å². The van der Waals surface area contributed by atoms with Crippen molar-refractivity contribution >= 4 is 11.7 Å². The number of amidine groups is 1. The number of aliphatic hydroxyl groups is 1. The first-order valence-electron chi connectivity index (χ1n) is 9.58. The summed E-state index contributed by atoms with van der Waals surface area (Å²) in [5.74, 6) is 2.34. The number of nitrogens with zero attached hydrogens (tertiary/aromatic N) is 6. The van der Waals surface area contributed by atoms with Crippen LogP contribution in [-0.4, -0.2) is 54.9 Å². The second kappa shape index (κ2) is 9.98. The Balaban J connectivity index is 2.24. The number of aliphatic imine (C=N–C) groups is 1. The summed E-state index contributed by atoms with van der Waals surface area (Å²) in [6.45, 7) is 10.8. The Morgan fingerprint density at radius 2 is 2.21 bits per heavy atom. The fraction of sp³-hybridized carbons (Fsp3) is 0.500. The molecule has 0 amide bonds. The molecule has 1 unspecified atom stereocenters. The molecule has 2 aromatic heterocycles. The van der Waals surface area contributed by atoms with Gasteiger partial charge in [0, 0.05) is 26.4 Å². The molecule has 0 aliphatic rings. The minimum atomic E-state index is -0.364. The number of aromatic nitrogens is 4. The van der Waals surface area contributed by atoms with Gasteiger partial charge in [0.1, 0.15) is 29.3 Å². The van der Waals surface area contributed by atoms with Crippen LogP contribution < -0.4 is 5.32 Å². The van der Waals surface area contributed by atoms with Gasteiger partial charge in [0.15, 0.2) is 5.82 Å². The quantitative estimate of drug-likeness (QED) is 0.283. The predicted molar refractivity (Wildman–Crippen MR) is 113 cm³/mol. The molecular formula is C20H31N7O. The summed E-state index contributed by atoms with van der Waals surface area (Å²) in [6, 6.07) is 5.82. The first kappa shape index (κ1) is 21.6. The number of pyridine rings is 1. The lowest BCUT2D eigenvalue weighted by molar-refractivity contribution is 0.255. The van der Waals surface area contributed by atoms with Crippen LogP contribution in [0.15, 0.2) is 42.3 Å². The summed E-state index contributed by atoms with van der Waals surface area (Å²) in [4.78, 5) is 11.1. The lowest BCUT2D eigenvalue weighted by atomic mass is 10.1. The zero-order chi connectivity index (χ0) is 20.6. The predicted octanol–water partition coefficient (Wildman–Crippen LogP) is 3.14. The Morgan fingerprint density at radius 1 is 1.43 bits per heavy atom. The zero-order valence-corrected chi connectivity index (χ0v) is 17.3. The van der Waals surface area contributed by atoms with Gasteiger partial charge in [0.05, 0.1) is 0 Å². The van der Waals surface area contributed by atoms with E-state index in [4.69, 9.17) is 10.1 Å². The summed E-state index contributed by atoms with van der Waals surface area (Å²) in [5.41, 5.74) is 0.390. The molecule has 28 heavy (non-hydrogen) atoms. The number of nitrogens with one attached hydrogen (secondary N) is 1. The van der Waals surface area contributed by atoms with Crippen LogP contribution in [0.3, 0.4) is 0 Å². The summed E-state index contributed by atoms with van der Waals surface area (Å²) in [6.07, 6.45) is 5.70. The molecule has 2 aromatic rings. The van der Waals surface area contributed by atoms with Gasteiger partial charge in [0.2, 0.25) is 0 Å². The molecule has 0 spiro atoms. The van der Waals surface area contributed by atoms with E-state index in [0.29, 0.717) is 0 Å². The SMILES string of the molecule is C=CN=C(C)N(C)C(C)(CC)Nc1cccc(-c2nncn2CCCCO)n1. The third-order valence-corrected chi connectivity index (χ3v) is 4.99. The van der Waals surface area contributed by atoms with E-state index in [0.717, 1.165) is 49.0 Å². The van der Waals surface area contributed by atoms with Crippen molar-refractivity contribution in [3.05, 3.63) is 37.3 Å². The van der Waals surface area contributed by atoms with E-state index < -0.39 is 0 Å². The minimum absolute atomic E-state index is 0.187. The van der Waals surface area contributed by atoms with Crippen LogP contribution >= 0.6 is 0 Å². The van der Waals surface area contributed by atoms with Crippen molar-refractivity contribution in [1.82, 2.24) is 24.6 Å². The van der Waals surface area contributed by atoms with Gasteiger partial charge in [-0.25, -0.2) is 9.98 Å². The number of rotatable bonds is 10. The number of hydrogen-bond donors (Lipinski definition) is 2. The van der Waals surface area contributed by atoms with Gasteiger partial charge in [-0.05, 0) is 45.2 Å². The van der Waals surface area contributed by atoms with Gasteiger partial charge in [-0.1, -0.05) is 19.6 Å². The smallest absolute Gasteiger partial charge is 0.182 e. The van der Waals surface area contributed by atoms with Crippen molar-refractivity contribution < 1.29 is 5.11 Å². The number of aliphatic hydroxyl groups excluding tert-OH is 1. The van der Waals surface area contributed by atoms with E-state index in [2.05, 4.69) is 45.8 Å². The Bertz CT molecular complexity index is 801. The van der Waals surface area contributed by atoms with Crippen LogP contribution in [0.4, 0.5) is 5.82 Å². The minimum Gasteiger partial charge on any atom is -0.396 e. The van der Waals surface area contributed by atoms with Gasteiger partial charge in [-0.2, -0.15) is 0 Å². The highest BCUT2D eigenvalue weighted by Gasteiger charge is 2.28. The average molecular weight is 386 g/mol. The topological polar surface area (TPSA) is 91.5 Å². The maximum absolute atomic E-state index is 8.99. The molecule has 0 fully saturated rings. The molecule has 0 bridgehead atoms. The molecule has 8 nitrogen and oxygen atoms in total. The van der Waals surface area contributed by atoms with E-state index in [-0.39, 0.29) is 12.3 Å². The average Bonchev–Trinajstić information content (AvgIpc) is 3.16. The van der Waals surface area contributed by atoms with Gasteiger partial charge < -0.3 is 19.9 Å². The second-order valence-corrected chi connectivity index (χ2v) is 6.86. The van der Waals surface area contributed by atoms with Crippen LogP contribution in [0.25, 0.3) is 11.5 Å². The zero-order valence-electron chi connectivity index (χ0n) is 17.3. The Labute approximate surface area is 167 Å². The number of anilines is 1. The van der Waals surface area contributed by atoms with E-state index in [9.17, 15) is 0 Å². The maximum atomic E-state index is 8.99. The fourth-order valence-corrected chi connectivity index (χ4v) is 2.90. The second-order valence-electron chi connectivity index (χ2n) is 6.86. The highest BCUT2D eigenvalue weighted by atomic mass is 16.2. The summed E-state index contributed by atoms with van der Waals surface area (Å²) in [7, 11) is 2.00. The van der Waals surface area contributed by atoms with Crippen LogP contribution in [0, 0.1) is 0 Å². The summed E-state index contributed by atoms with van der Waals surface area (Å²) < 4.78 is 1.97. The van der Waals surface area contributed by atoms with Crippen LogP contribution in [0.5, 0.6) is 0 Å². The number of unbranched alkanes of at least 4 members (excludes halogenated alkanes) is 1. The standard InChI is InChI=1S/C20H31N7O/c1-6-20(4,26(5)16(3)21-7-2)24-18-12-10-11-17(23-18)19-25-22-15-27(19)13-8-9-14-28/h7,10-12,15,28H,2,6,8-9,13-14H2,1,3-5H3,(H,23,24). The summed E-state index contributed by atoms with van der Waals surface area (Å²) in [5, 5.41) is 20.8. The van der Waals surface area contributed by atoms with E-state index in [1.54, 1.807) is 12.5 Å². The van der Waals surface area contributed by atoms with Crippen molar-refractivity contribution in [2.24, 2.45) is 4.99 Å². The molecular weight excluding hydrogens is 354 g/mol. The molecule has 8 heteroatoms. The van der Waals surface area contributed by atoms with Crippen molar-refractivity contribution in [1.29, 1.82) is 0 Å². The molecule has 2 rings (SSSR count). The molecule has 0 saturated carbocycles. The first-order valence-corrected chi connectivity index (χ1v) is 9.58. The van der Waals surface area contributed by atoms with Crippen molar-refractivity contribution in [3.63, 3.8) is 0 Å². The normalized spacial score (nSPS) is 13.8. The lowest BCUT2D eigenvalue weighted by Crippen LogP contribution is -2.52. The highest BCUT2D eigenvalue weighted by Crippen LogP contribution is 2.23. The highest BCUT2D eigenvalue weighted by molar-refractivity contribution is 5.81. The molecule has 0 radical (unpaired) electrons. The van der Waals surface area contributed by atoms with Crippen LogP contribution in [-0.2, 0) is 6.54 Å². The van der Waals surface area contributed by atoms with E-state index >= 15 is 0 Å². The van der Waals surface area contributed by atoms with E-state index in [1.165, 1.54) is 0 Å². The Morgan fingerprint density at radius 3 is 2.89 bits per heavy atom. The molecule has 152 valence electrons. The monoisotopic (exact) mass is 385 g/mol. The molecule has 2 heterocycles. The van der Waals surface area contributed by atoms with Crippen molar-refractivity contribution in [2.75, 3.05) is 19.0 Å². The first-order chi connectivity index (χ1) is 13.4. The van der Waals surface area contributed by atoms with Crippen LogP contribution in [0.1, 0.15) is 40.0 Å². The Hall–Kier alpha value is -2.74. The fourth-order valence-electron chi connectivity index (χ4n) is 2.90. The molecule has 0 aliphatic carbocycles. The molecule has 0 aromatic carbocycles. The third kappa shape index (κ3) is 5.16. The summed E-state index contributed by atoms with van der Waals surface area (Å²) >= 11 is 0. The van der Waals surface area contributed by atoms with E-state index in [1.807, 2.05) is 36.7 Å². The van der Waals surface area contributed by atoms with Crippen molar-refractivity contribution in [2.45, 2.75) is 52.2 Å². The molecule has 2 N–H and O–H groups in total. The van der Waals surface area contributed by atoms with Gasteiger partial charge in [-0.15, -0.1) is 10.2 Å². The van der Waals surface area contributed by atoms with Crippen molar-refractivity contribution in [3.8, 4) is 11.5 Å². The lowest BCUT2D eigenvalue weighted by Gasteiger charge is -2.40. The number of aryl methyl sites for hydroxylation is 1. The largest absolute Gasteiger partial charge is 0.396 e. The number of hydrogen-bond acceptors (Lipinski definition) is 6. The maximum Gasteiger partial charge on any atom is 0.182 e.